The largest absolute Gasteiger partial charge is 0.455 e. The zero-order valence-corrected chi connectivity index (χ0v) is 21.9. The molecule has 8 rings (SSSR count). The van der Waals surface area contributed by atoms with E-state index in [0.717, 1.165) is 54.8 Å². The van der Waals surface area contributed by atoms with Crippen LogP contribution in [0.25, 0.3) is 77.6 Å². The predicted octanol–water partition coefficient (Wildman–Crippen LogP) is 9.73. The molecule has 6 aromatic carbocycles. The van der Waals surface area contributed by atoms with E-state index >= 15 is 0 Å². The van der Waals surface area contributed by atoms with Crippen molar-refractivity contribution in [2.24, 2.45) is 0 Å². The van der Waals surface area contributed by atoms with Gasteiger partial charge in [-0.05, 0) is 40.4 Å². The smallest absolute Gasteiger partial charge is 0.164 e. The van der Waals surface area contributed by atoms with Crippen LogP contribution in [-0.2, 0) is 0 Å². The Hall–Kier alpha value is -5.06. The van der Waals surface area contributed by atoms with Gasteiger partial charge in [-0.15, -0.1) is 0 Å². The molecule has 0 N–H and O–H groups in total. The third-order valence-electron chi connectivity index (χ3n) is 7.36. The molecule has 188 valence electrons. The quantitative estimate of drug-likeness (QED) is 0.227. The number of fused-ring (bicyclic) bond motifs is 6. The van der Waals surface area contributed by atoms with Crippen LogP contribution in [0.2, 0.25) is 5.02 Å². The zero-order chi connectivity index (χ0) is 26.6. The second-order valence-electron chi connectivity index (χ2n) is 9.82. The van der Waals surface area contributed by atoms with Gasteiger partial charge in [0.05, 0.1) is 0 Å². The Labute approximate surface area is 234 Å². The molecule has 0 bridgehead atoms. The van der Waals surface area contributed by atoms with Crippen LogP contribution in [-0.4, -0.2) is 15.0 Å². The molecule has 0 aliphatic rings. The van der Waals surface area contributed by atoms with Gasteiger partial charge >= 0.3 is 0 Å². The first-order chi connectivity index (χ1) is 19.7. The summed E-state index contributed by atoms with van der Waals surface area (Å²) in [6.45, 7) is 0. The van der Waals surface area contributed by atoms with Crippen LogP contribution in [0, 0.1) is 0 Å². The summed E-state index contributed by atoms with van der Waals surface area (Å²) in [5, 5.41) is 6.95. The van der Waals surface area contributed by atoms with Crippen LogP contribution in [0.15, 0.2) is 126 Å². The van der Waals surface area contributed by atoms with Gasteiger partial charge < -0.3 is 4.42 Å². The minimum atomic E-state index is 0.610. The molecule has 2 aromatic heterocycles. The summed E-state index contributed by atoms with van der Waals surface area (Å²) < 4.78 is 6.33. The normalized spacial score (nSPS) is 11.6. The third kappa shape index (κ3) is 3.73. The van der Waals surface area contributed by atoms with E-state index in [4.69, 9.17) is 31.0 Å². The molecular weight excluding hydrogens is 514 g/mol. The minimum Gasteiger partial charge on any atom is -0.455 e. The van der Waals surface area contributed by atoms with E-state index in [9.17, 15) is 0 Å². The van der Waals surface area contributed by atoms with Crippen molar-refractivity contribution >= 4 is 55.1 Å². The number of hydrogen-bond donors (Lipinski definition) is 0. The van der Waals surface area contributed by atoms with E-state index in [1.807, 2.05) is 72.8 Å². The zero-order valence-electron chi connectivity index (χ0n) is 21.2. The van der Waals surface area contributed by atoms with Crippen LogP contribution in [0.5, 0.6) is 0 Å². The molecule has 8 aromatic rings. The average Bonchev–Trinajstić information content (AvgIpc) is 3.38. The number of halogens is 1. The van der Waals surface area contributed by atoms with Gasteiger partial charge in [0.2, 0.25) is 0 Å². The third-order valence-corrected chi connectivity index (χ3v) is 7.59. The Kier molecular flexibility index (Phi) is 5.15. The second-order valence-corrected chi connectivity index (χ2v) is 10.3. The Morgan fingerprint density at radius 3 is 2.02 bits per heavy atom. The number of benzene rings is 6. The maximum atomic E-state index is 6.33. The van der Waals surface area contributed by atoms with Crippen LogP contribution in [0.1, 0.15) is 0 Å². The van der Waals surface area contributed by atoms with Crippen molar-refractivity contribution in [3.8, 4) is 34.2 Å². The van der Waals surface area contributed by atoms with Crippen LogP contribution >= 0.6 is 11.6 Å². The van der Waals surface area contributed by atoms with Crippen molar-refractivity contribution < 1.29 is 4.42 Å². The number of furan rings is 1. The fraction of sp³-hybridized carbons (Fsp3) is 0. The molecule has 0 aliphatic carbocycles. The van der Waals surface area contributed by atoms with Crippen LogP contribution in [0.4, 0.5) is 0 Å². The van der Waals surface area contributed by atoms with E-state index in [1.54, 1.807) is 0 Å². The first-order valence-electron chi connectivity index (χ1n) is 13.1. The SMILES string of the molecule is Clc1ccc2c(c1)oc1c3ccccc3c(-c3nc(-c4ccccc4)nc(-c4ccc5ccccc5c4)n3)cc21. The first kappa shape index (κ1) is 22.9. The average molecular weight is 534 g/mol. The first-order valence-corrected chi connectivity index (χ1v) is 13.4. The highest BCUT2D eigenvalue weighted by molar-refractivity contribution is 6.31. The summed E-state index contributed by atoms with van der Waals surface area (Å²) in [4.78, 5) is 15.0. The number of aromatic nitrogens is 3. The van der Waals surface area contributed by atoms with Gasteiger partial charge in [0, 0.05) is 43.9 Å². The lowest BCUT2D eigenvalue weighted by Gasteiger charge is -2.11. The molecule has 0 unspecified atom stereocenters. The summed E-state index contributed by atoms with van der Waals surface area (Å²) in [5.41, 5.74) is 4.36. The summed E-state index contributed by atoms with van der Waals surface area (Å²) in [6.07, 6.45) is 0. The van der Waals surface area contributed by atoms with Crippen molar-refractivity contribution in [3.05, 3.63) is 126 Å². The van der Waals surface area contributed by atoms with Gasteiger partial charge in [-0.2, -0.15) is 0 Å². The lowest BCUT2D eigenvalue weighted by atomic mass is 9.99. The van der Waals surface area contributed by atoms with Gasteiger partial charge in [0.1, 0.15) is 11.2 Å². The monoisotopic (exact) mass is 533 g/mol. The molecule has 0 fully saturated rings. The summed E-state index contributed by atoms with van der Waals surface area (Å²) in [5.74, 6) is 1.86. The van der Waals surface area contributed by atoms with Crippen molar-refractivity contribution in [2.75, 3.05) is 0 Å². The lowest BCUT2D eigenvalue weighted by molar-refractivity contribution is 0.672. The van der Waals surface area contributed by atoms with Gasteiger partial charge in [-0.3, -0.25) is 0 Å². The number of hydrogen-bond acceptors (Lipinski definition) is 4. The van der Waals surface area contributed by atoms with E-state index in [0.29, 0.717) is 22.5 Å². The topological polar surface area (TPSA) is 51.8 Å². The van der Waals surface area contributed by atoms with Crippen molar-refractivity contribution in [3.63, 3.8) is 0 Å². The Bertz CT molecular complexity index is 2240. The van der Waals surface area contributed by atoms with Crippen molar-refractivity contribution in [2.45, 2.75) is 0 Å². The maximum absolute atomic E-state index is 6.33. The molecule has 0 amide bonds. The van der Waals surface area contributed by atoms with E-state index in [-0.39, 0.29) is 0 Å². The molecule has 0 saturated heterocycles. The highest BCUT2D eigenvalue weighted by Gasteiger charge is 2.19. The molecule has 0 spiro atoms. The summed E-state index contributed by atoms with van der Waals surface area (Å²) >= 11 is 6.29. The molecule has 2 heterocycles. The van der Waals surface area contributed by atoms with E-state index in [1.165, 1.54) is 5.39 Å². The molecule has 40 heavy (non-hydrogen) atoms. The fourth-order valence-electron chi connectivity index (χ4n) is 5.43. The van der Waals surface area contributed by atoms with Gasteiger partial charge in [0.25, 0.3) is 0 Å². The van der Waals surface area contributed by atoms with E-state index in [2.05, 4.69) is 48.5 Å². The number of nitrogens with zero attached hydrogens (tertiary/aromatic N) is 3. The fourth-order valence-corrected chi connectivity index (χ4v) is 5.59. The van der Waals surface area contributed by atoms with Gasteiger partial charge in [0.15, 0.2) is 17.5 Å². The standard InChI is InChI=1S/C35H20ClN3O/c36-25-16-17-27-29-20-30(26-12-6-7-13-28(26)32(29)40-31(27)19-25)35-38-33(22-9-2-1-3-10-22)37-34(39-35)24-15-14-21-8-4-5-11-23(21)18-24/h1-20H. The maximum Gasteiger partial charge on any atom is 0.164 e. The molecule has 0 saturated carbocycles. The predicted molar refractivity (Wildman–Crippen MR) is 163 cm³/mol. The molecule has 0 radical (unpaired) electrons. The Morgan fingerprint density at radius 2 is 1.18 bits per heavy atom. The number of rotatable bonds is 3. The Morgan fingerprint density at radius 1 is 0.475 bits per heavy atom. The highest BCUT2D eigenvalue weighted by Crippen LogP contribution is 2.40. The molecule has 5 heteroatoms. The Balaban J connectivity index is 1.44. The van der Waals surface area contributed by atoms with Crippen LogP contribution < -0.4 is 0 Å². The lowest BCUT2D eigenvalue weighted by Crippen LogP contribution is -2.00. The van der Waals surface area contributed by atoms with Crippen molar-refractivity contribution in [1.29, 1.82) is 0 Å². The molecular formula is C35H20ClN3O. The summed E-state index contributed by atoms with van der Waals surface area (Å²) in [6, 6.07) is 40.8. The van der Waals surface area contributed by atoms with E-state index < -0.39 is 0 Å². The minimum absolute atomic E-state index is 0.610. The molecule has 0 aliphatic heterocycles. The van der Waals surface area contributed by atoms with Gasteiger partial charge in [-0.1, -0.05) is 103 Å². The molecule has 4 nitrogen and oxygen atoms in total. The molecule has 0 atom stereocenters. The van der Waals surface area contributed by atoms with Gasteiger partial charge in [-0.25, -0.2) is 15.0 Å². The second kappa shape index (κ2) is 9.01. The van der Waals surface area contributed by atoms with Crippen molar-refractivity contribution in [1.82, 2.24) is 15.0 Å². The highest BCUT2D eigenvalue weighted by atomic mass is 35.5. The summed E-state index contributed by atoms with van der Waals surface area (Å²) in [7, 11) is 0. The van der Waals surface area contributed by atoms with Crippen LogP contribution in [0.3, 0.4) is 0 Å².